The zero-order chi connectivity index (χ0) is 14.0. The van der Waals surface area contributed by atoms with Crippen LogP contribution in [-0.4, -0.2) is 21.6 Å². The van der Waals surface area contributed by atoms with Gasteiger partial charge in [-0.2, -0.15) is 0 Å². The number of ether oxygens (including phenoxy) is 1. The maximum Gasteiger partial charge on any atom is 0.244 e. The van der Waals surface area contributed by atoms with Gasteiger partial charge in [-0.05, 0) is 30.5 Å². The molecule has 0 bridgehead atoms. The first-order valence-corrected chi connectivity index (χ1v) is 7.64. The molecule has 0 fully saturated rings. The average Bonchev–Trinajstić information content (AvgIpc) is 2.35. The largest absolute Gasteiger partial charge is 0.492 e. The van der Waals surface area contributed by atoms with Crippen molar-refractivity contribution in [2.75, 3.05) is 18.9 Å². The van der Waals surface area contributed by atoms with Crippen molar-refractivity contribution in [3.05, 3.63) is 29.3 Å². The lowest BCUT2D eigenvalue weighted by Crippen LogP contribution is -2.26. The van der Waals surface area contributed by atoms with E-state index in [1.807, 2.05) is 0 Å². The van der Waals surface area contributed by atoms with Gasteiger partial charge in [0.25, 0.3) is 0 Å². The van der Waals surface area contributed by atoms with Crippen LogP contribution in [-0.2, 0) is 16.4 Å². The second-order valence-electron chi connectivity index (χ2n) is 4.30. The number of anilines is 1. The summed E-state index contributed by atoms with van der Waals surface area (Å²) in [5.41, 5.74) is 6.96. The second kappa shape index (κ2) is 5.40. The summed E-state index contributed by atoms with van der Waals surface area (Å²) in [5.74, 6) is 0.383. The van der Waals surface area contributed by atoms with Gasteiger partial charge in [-0.1, -0.05) is 18.2 Å². The molecular formula is C12H15ClN2O3S. The molecule has 1 heterocycles. The Kier molecular flexibility index (Phi) is 4.03. The highest BCUT2D eigenvalue weighted by atomic mass is 35.5. The first kappa shape index (κ1) is 14.2. The second-order valence-corrected chi connectivity index (χ2v) is 6.57. The summed E-state index contributed by atoms with van der Waals surface area (Å²) >= 11 is 5.57. The van der Waals surface area contributed by atoms with Crippen molar-refractivity contribution in [3.63, 3.8) is 0 Å². The van der Waals surface area contributed by atoms with Crippen LogP contribution in [0, 0.1) is 0 Å². The van der Waals surface area contributed by atoms with Gasteiger partial charge in [-0.3, -0.25) is 0 Å². The molecule has 2 rings (SSSR count). The number of halogens is 1. The zero-order valence-electron chi connectivity index (χ0n) is 10.3. The maximum absolute atomic E-state index is 12.2. The van der Waals surface area contributed by atoms with Crippen LogP contribution in [0.2, 0.25) is 0 Å². The van der Waals surface area contributed by atoms with Crippen molar-refractivity contribution < 1.29 is 13.2 Å². The van der Waals surface area contributed by atoms with Crippen LogP contribution in [0.1, 0.15) is 12.0 Å². The first-order chi connectivity index (χ1) is 8.90. The third-order valence-corrected chi connectivity index (χ3v) is 4.27. The predicted molar refractivity (Wildman–Crippen MR) is 74.9 cm³/mol. The molecule has 0 saturated heterocycles. The predicted octanol–water partition coefficient (Wildman–Crippen LogP) is 1.62. The number of fused-ring (bicyclic) bond motifs is 1. The van der Waals surface area contributed by atoms with E-state index >= 15 is 0 Å². The van der Waals surface area contributed by atoms with Gasteiger partial charge in [-0.25, -0.2) is 13.1 Å². The SMILES string of the molecule is C=C(Cl)CNS(=O)(=O)c1cc(N)cc2c1OCCC2. The van der Waals surface area contributed by atoms with Crippen LogP contribution in [0.15, 0.2) is 28.6 Å². The molecule has 19 heavy (non-hydrogen) atoms. The molecule has 0 atom stereocenters. The van der Waals surface area contributed by atoms with E-state index in [-0.39, 0.29) is 16.5 Å². The minimum absolute atomic E-state index is 0.0343. The number of nitrogens with one attached hydrogen (secondary N) is 1. The fraction of sp³-hybridized carbons (Fsp3) is 0.333. The van der Waals surface area contributed by atoms with Gasteiger partial charge < -0.3 is 10.5 Å². The fourth-order valence-electron chi connectivity index (χ4n) is 1.92. The van der Waals surface area contributed by atoms with Gasteiger partial charge in [0.05, 0.1) is 6.61 Å². The Morgan fingerprint density at radius 1 is 1.53 bits per heavy atom. The van der Waals surface area contributed by atoms with Crippen LogP contribution in [0.3, 0.4) is 0 Å². The van der Waals surface area contributed by atoms with Crippen molar-refractivity contribution in [2.24, 2.45) is 0 Å². The number of nitrogens with two attached hydrogens (primary N) is 1. The zero-order valence-corrected chi connectivity index (χ0v) is 11.9. The standard InChI is InChI=1S/C12H15ClN2O3S/c1-8(13)7-15-19(16,17)11-6-10(14)5-9-3-2-4-18-12(9)11/h5-6,15H,1-4,7,14H2. The molecule has 1 aliphatic rings. The molecule has 1 aromatic carbocycles. The molecule has 0 saturated carbocycles. The topological polar surface area (TPSA) is 81.4 Å². The molecule has 1 aromatic rings. The highest BCUT2D eigenvalue weighted by Gasteiger charge is 2.24. The first-order valence-electron chi connectivity index (χ1n) is 5.78. The van der Waals surface area contributed by atoms with Crippen LogP contribution in [0.4, 0.5) is 5.69 Å². The van der Waals surface area contributed by atoms with E-state index < -0.39 is 10.0 Å². The molecule has 3 N–H and O–H groups in total. The molecule has 5 nitrogen and oxygen atoms in total. The van der Waals surface area contributed by atoms with E-state index in [4.69, 9.17) is 22.1 Å². The Bertz CT molecular complexity index is 614. The minimum Gasteiger partial charge on any atom is -0.492 e. The van der Waals surface area contributed by atoms with E-state index in [1.165, 1.54) is 6.07 Å². The van der Waals surface area contributed by atoms with E-state index in [1.54, 1.807) is 6.07 Å². The van der Waals surface area contributed by atoms with Gasteiger partial charge in [-0.15, -0.1) is 0 Å². The van der Waals surface area contributed by atoms with Crippen LogP contribution < -0.4 is 15.2 Å². The van der Waals surface area contributed by atoms with Crippen molar-refractivity contribution >= 4 is 27.3 Å². The third-order valence-electron chi connectivity index (χ3n) is 2.73. The van der Waals surface area contributed by atoms with Crippen molar-refractivity contribution in [1.29, 1.82) is 0 Å². The molecule has 104 valence electrons. The quantitative estimate of drug-likeness (QED) is 0.828. The minimum atomic E-state index is -3.72. The van der Waals surface area contributed by atoms with Crippen molar-refractivity contribution in [2.45, 2.75) is 17.7 Å². The van der Waals surface area contributed by atoms with Crippen molar-refractivity contribution in [1.82, 2.24) is 4.72 Å². The number of hydrogen-bond acceptors (Lipinski definition) is 4. The number of aryl methyl sites for hydroxylation is 1. The van der Waals surface area contributed by atoms with E-state index in [0.29, 0.717) is 18.0 Å². The van der Waals surface area contributed by atoms with Gasteiger partial charge >= 0.3 is 0 Å². The smallest absolute Gasteiger partial charge is 0.244 e. The molecule has 0 amide bonds. The molecule has 0 unspecified atom stereocenters. The van der Waals surface area contributed by atoms with Gasteiger partial charge in [0.1, 0.15) is 10.6 Å². The average molecular weight is 303 g/mol. The number of nitrogen functional groups attached to an aromatic ring is 1. The van der Waals surface area contributed by atoms with Gasteiger partial charge in [0.2, 0.25) is 10.0 Å². The highest BCUT2D eigenvalue weighted by Crippen LogP contribution is 2.34. The number of benzene rings is 1. The Hall–Kier alpha value is -1.24. The number of rotatable bonds is 4. The van der Waals surface area contributed by atoms with E-state index in [9.17, 15) is 8.42 Å². The molecule has 0 spiro atoms. The van der Waals surface area contributed by atoms with Gasteiger partial charge in [0.15, 0.2) is 0 Å². The summed E-state index contributed by atoms with van der Waals surface area (Å²) in [7, 11) is -3.72. The Morgan fingerprint density at radius 2 is 2.26 bits per heavy atom. The molecule has 1 aliphatic heterocycles. The van der Waals surface area contributed by atoms with Gasteiger partial charge in [0, 0.05) is 17.3 Å². The maximum atomic E-state index is 12.2. The van der Waals surface area contributed by atoms with E-state index in [0.717, 1.165) is 18.4 Å². The Balaban J connectivity index is 2.43. The fourth-order valence-corrected chi connectivity index (χ4v) is 3.31. The molecule has 0 aliphatic carbocycles. The Labute approximate surface area is 117 Å². The lowest BCUT2D eigenvalue weighted by Gasteiger charge is -2.21. The highest BCUT2D eigenvalue weighted by molar-refractivity contribution is 7.89. The summed E-state index contributed by atoms with van der Waals surface area (Å²) in [5, 5.41) is 0.210. The lowest BCUT2D eigenvalue weighted by molar-refractivity contribution is 0.280. The molecule has 0 aromatic heterocycles. The summed E-state index contributed by atoms with van der Waals surface area (Å²) in [6.07, 6.45) is 1.60. The monoisotopic (exact) mass is 302 g/mol. The normalized spacial score (nSPS) is 14.6. The summed E-state index contributed by atoms with van der Waals surface area (Å²) in [6.45, 7) is 3.91. The lowest BCUT2D eigenvalue weighted by atomic mass is 10.1. The Morgan fingerprint density at radius 3 is 2.95 bits per heavy atom. The van der Waals surface area contributed by atoms with Crippen LogP contribution >= 0.6 is 11.6 Å². The molecule has 0 radical (unpaired) electrons. The summed E-state index contributed by atoms with van der Waals surface area (Å²) in [4.78, 5) is 0.0557. The summed E-state index contributed by atoms with van der Waals surface area (Å²) in [6, 6.07) is 3.14. The third kappa shape index (κ3) is 3.20. The van der Waals surface area contributed by atoms with Crippen LogP contribution in [0.5, 0.6) is 5.75 Å². The molecular weight excluding hydrogens is 288 g/mol. The number of sulfonamides is 1. The van der Waals surface area contributed by atoms with Crippen LogP contribution in [0.25, 0.3) is 0 Å². The molecule has 7 heteroatoms. The van der Waals surface area contributed by atoms with E-state index in [2.05, 4.69) is 11.3 Å². The number of hydrogen-bond donors (Lipinski definition) is 2. The summed E-state index contributed by atoms with van der Waals surface area (Å²) < 4.78 is 32.3. The van der Waals surface area contributed by atoms with Crippen molar-refractivity contribution in [3.8, 4) is 5.75 Å².